The molecule has 0 saturated carbocycles. The van der Waals surface area contributed by atoms with E-state index in [9.17, 15) is 14.4 Å². The number of esters is 1. The number of hydrogen-bond donors (Lipinski definition) is 2. The van der Waals surface area contributed by atoms with Gasteiger partial charge in [0.2, 0.25) is 5.91 Å². The number of oxime groups is 1. The number of nitrogens with one attached hydrogen (secondary N) is 1. The SMILES string of the molecule is CON=C1C[C@@H](C(=O)NCCOC(C)=O)N(C(=O)O)C1. The monoisotopic (exact) mass is 287 g/mol. The van der Waals surface area contributed by atoms with Gasteiger partial charge in [-0.25, -0.2) is 4.79 Å². The Labute approximate surface area is 115 Å². The molecule has 20 heavy (non-hydrogen) atoms. The minimum atomic E-state index is -1.20. The molecule has 0 bridgehead atoms. The van der Waals surface area contributed by atoms with E-state index >= 15 is 0 Å². The van der Waals surface area contributed by atoms with E-state index in [4.69, 9.17) is 5.11 Å². The fraction of sp³-hybridized carbons (Fsp3) is 0.636. The molecule has 1 heterocycles. The summed E-state index contributed by atoms with van der Waals surface area (Å²) in [5.74, 6) is -0.900. The fourth-order valence-corrected chi connectivity index (χ4v) is 1.82. The van der Waals surface area contributed by atoms with Crippen molar-refractivity contribution >= 4 is 23.7 Å². The van der Waals surface area contributed by atoms with Crippen molar-refractivity contribution in [2.24, 2.45) is 5.16 Å². The molecule has 0 spiro atoms. The highest BCUT2D eigenvalue weighted by atomic mass is 16.6. The second kappa shape index (κ2) is 7.31. The molecule has 1 aliphatic heterocycles. The molecule has 2 N–H and O–H groups in total. The van der Waals surface area contributed by atoms with Crippen LogP contribution in [0.5, 0.6) is 0 Å². The van der Waals surface area contributed by atoms with Gasteiger partial charge in [-0.15, -0.1) is 0 Å². The summed E-state index contributed by atoms with van der Waals surface area (Å²) >= 11 is 0. The number of likely N-dealkylation sites (tertiary alicyclic amines) is 1. The molecule has 0 unspecified atom stereocenters. The van der Waals surface area contributed by atoms with Crippen molar-refractivity contribution in [2.75, 3.05) is 26.8 Å². The highest BCUT2D eigenvalue weighted by molar-refractivity contribution is 5.99. The minimum Gasteiger partial charge on any atom is -0.465 e. The van der Waals surface area contributed by atoms with Crippen LogP contribution in [-0.4, -0.2) is 66.5 Å². The molecule has 1 aliphatic rings. The van der Waals surface area contributed by atoms with E-state index in [0.717, 1.165) is 4.90 Å². The second-order valence-corrected chi connectivity index (χ2v) is 4.10. The molecule has 1 saturated heterocycles. The van der Waals surface area contributed by atoms with Crippen LogP contribution in [0.3, 0.4) is 0 Å². The van der Waals surface area contributed by atoms with Crippen LogP contribution in [-0.2, 0) is 19.2 Å². The molecule has 9 heteroatoms. The number of amides is 2. The number of rotatable bonds is 5. The van der Waals surface area contributed by atoms with Crippen molar-refractivity contribution < 1.29 is 29.1 Å². The van der Waals surface area contributed by atoms with Crippen LogP contribution in [0.25, 0.3) is 0 Å². The van der Waals surface area contributed by atoms with Crippen molar-refractivity contribution in [3.05, 3.63) is 0 Å². The summed E-state index contributed by atoms with van der Waals surface area (Å²) in [6.07, 6.45) is -1.02. The summed E-state index contributed by atoms with van der Waals surface area (Å²) in [4.78, 5) is 39.1. The zero-order valence-electron chi connectivity index (χ0n) is 11.3. The molecule has 2 amide bonds. The van der Waals surface area contributed by atoms with Gasteiger partial charge in [0.15, 0.2) is 0 Å². The number of carbonyl (C=O) groups excluding carboxylic acids is 2. The predicted octanol–water partition coefficient (Wildman–Crippen LogP) is -0.580. The number of carboxylic acid groups (broad SMARTS) is 1. The molecule has 0 aromatic heterocycles. The molecule has 1 atom stereocenters. The Balaban J connectivity index is 2.54. The van der Waals surface area contributed by atoms with Crippen molar-refractivity contribution in [2.45, 2.75) is 19.4 Å². The zero-order chi connectivity index (χ0) is 15.1. The Bertz CT molecular complexity index is 422. The van der Waals surface area contributed by atoms with Crippen molar-refractivity contribution in [3.8, 4) is 0 Å². The van der Waals surface area contributed by atoms with Gasteiger partial charge in [0.1, 0.15) is 19.8 Å². The topological polar surface area (TPSA) is 118 Å². The van der Waals surface area contributed by atoms with E-state index < -0.39 is 24.0 Å². The van der Waals surface area contributed by atoms with Crippen LogP contribution in [0.4, 0.5) is 4.79 Å². The average molecular weight is 287 g/mol. The van der Waals surface area contributed by atoms with Crippen LogP contribution in [0.1, 0.15) is 13.3 Å². The maximum atomic E-state index is 11.9. The number of ether oxygens (including phenoxy) is 1. The Morgan fingerprint density at radius 3 is 2.75 bits per heavy atom. The van der Waals surface area contributed by atoms with Crippen molar-refractivity contribution in [1.82, 2.24) is 10.2 Å². The smallest absolute Gasteiger partial charge is 0.408 e. The average Bonchev–Trinajstić information content (AvgIpc) is 2.79. The maximum absolute atomic E-state index is 11.9. The first-order valence-electron chi connectivity index (χ1n) is 5.95. The highest BCUT2D eigenvalue weighted by Crippen LogP contribution is 2.16. The first-order chi connectivity index (χ1) is 9.45. The van der Waals surface area contributed by atoms with Crippen LogP contribution in [0, 0.1) is 0 Å². The number of carbonyl (C=O) groups is 3. The Hall–Kier alpha value is -2.32. The van der Waals surface area contributed by atoms with Crippen LogP contribution >= 0.6 is 0 Å². The van der Waals surface area contributed by atoms with Crippen molar-refractivity contribution in [3.63, 3.8) is 0 Å². The molecule has 1 rings (SSSR count). The van der Waals surface area contributed by atoms with Gasteiger partial charge in [-0.2, -0.15) is 0 Å². The molecule has 1 fully saturated rings. The van der Waals surface area contributed by atoms with E-state index in [-0.39, 0.29) is 26.1 Å². The van der Waals surface area contributed by atoms with E-state index in [2.05, 4.69) is 20.0 Å². The minimum absolute atomic E-state index is 0.0329. The van der Waals surface area contributed by atoms with Crippen LogP contribution in [0.2, 0.25) is 0 Å². The molecule has 9 nitrogen and oxygen atoms in total. The lowest BCUT2D eigenvalue weighted by molar-refractivity contribution is -0.141. The summed E-state index contributed by atoms with van der Waals surface area (Å²) in [6.45, 7) is 1.46. The third-order valence-corrected chi connectivity index (χ3v) is 2.63. The molecule has 0 aromatic carbocycles. The summed E-state index contributed by atoms with van der Waals surface area (Å²) < 4.78 is 4.66. The Morgan fingerprint density at radius 1 is 1.50 bits per heavy atom. The van der Waals surface area contributed by atoms with E-state index in [1.54, 1.807) is 0 Å². The summed E-state index contributed by atoms with van der Waals surface area (Å²) in [6, 6.07) is -0.848. The molecule has 0 radical (unpaired) electrons. The zero-order valence-corrected chi connectivity index (χ0v) is 11.3. The number of hydrogen-bond acceptors (Lipinski definition) is 6. The van der Waals surface area contributed by atoms with Gasteiger partial charge in [0.05, 0.1) is 18.8 Å². The molecule has 0 aromatic rings. The largest absolute Gasteiger partial charge is 0.465 e. The molecular weight excluding hydrogens is 270 g/mol. The van der Waals surface area contributed by atoms with Crippen LogP contribution < -0.4 is 5.32 Å². The van der Waals surface area contributed by atoms with E-state index in [0.29, 0.717) is 5.71 Å². The summed E-state index contributed by atoms with van der Waals surface area (Å²) in [5.41, 5.74) is 0.482. The molecule has 0 aliphatic carbocycles. The number of nitrogens with zero attached hydrogens (tertiary/aromatic N) is 2. The van der Waals surface area contributed by atoms with E-state index in [1.807, 2.05) is 0 Å². The fourth-order valence-electron chi connectivity index (χ4n) is 1.82. The Kier molecular flexibility index (Phi) is 5.75. The second-order valence-electron chi connectivity index (χ2n) is 4.10. The third-order valence-electron chi connectivity index (χ3n) is 2.63. The van der Waals surface area contributed by atoms with Gasteiger partial charge in [-0.05, 0) is 0 Å². The quantitative estimate of drug-likeness (QED) is 0.397. The van der Waals surface area contributed by atoms with Crippen LogP contribution in [0.15, 0.2) is 5.16 Å². The maximum Gasteiger partial charge on any atom is 0.408 e. The summed E-state index contributed by atoms with van der Waals surface area (Å²) in [7, 11) is 1.35. The lowest BCUT2D eigenvalue weighted by Crippen LogP contribution is -2.46. The van der Waals surface area contributed by atoms with Gasteiger partial charge in [0, 0.05) is 13.3 Å². The first-order valence-corrected chi connectivity index (χ1v) is 5.95. The van der Waals surface area contributed by atoms with Gasteiger partial charge < -0.3 is 20.0 Å². The predicted molar refractivity (Wildman–Crippen MR) is 67.2 cm³/mol. The van der Waals surface area contributed by atoms with Crippen molar-refractivity contribution in [1.29, 1.82) is 0 Å². The van der Waals surface area contributed by atoms with Gasteiger partial charge in [0.25, 0.3) is 0 Å². The van der Waals surface area contributed by atoms with Gasteiger partial charge in [-0.3, -0.25) is 14.5 Å². The lowest BCUT2D eigenvalue weighted by atomic mass is 10.2. The third kappa shape index (κ3) is 4.41. The molecular formula is C11H17N3O6. The highest BCUT2D eigenvalue weighted by Gasteiger charge is 2.37. The standard InChI is InChI=1S/C11H17N3O6/c1-7(15)20-4-3-12-10(16)9-5-8(13-19-2)6-14(9)11(17)18/h9H,3-6H2,1-2H3,(H,12,16)(H,17,18)/t9-/m0/s1. The summed E-state index contributed by atoms with van der Waals surface area (Å²) in [5, 5.41) is 15.2. The first kappa shape index (κ1) is 15.7. The van der Waals surface area contributed by atoms with Gasteiger partial charge >= 0.3 is 12.1 Å². The Morgan fingerprint density at radius 2 is 2.20 bits per heavy atom. The molecule has 112 valence electrons. The van der Waals surface area contributed by atoms with E-state index in [1.165, 1.54) is 14.0 Å². The van der Waals surface area contributed by atoms with Gasteiger partial charge in [-0.1, -0.05) is 5.16 Å². The lowest BCUT2D eigenvalue weighted by Gasteiger charge is -2.19. The normalized spacial score (nSPS) is 19.8.